The van der Waals surface area contributed by atoms with Gasteiger partial charge >= 0.3 is 0 Å². The van der Waals surface area contributed by atoms with Crippen molar-refractivity contribution in [2.45, 2.75) is 32.4 Å². The molecule has 2 aromatic carbocycles. The molecule has 4 aromatic rings. The second kappa shape index (κ2) is 11.0. The Morgan fingerprint density at radius 2 is 1.97 bits per heavy atom. The lowest BCUT2D eigenvalue weighted by molar-refractivity contribution is -0.384. The largest absolute Gasteiger partial charge is 0.459 e. The number of non-ortho nitro benzene ring substituents is 1. The van der Waals surface area contributed by atoms with Gasteiger partial charge in [0.1, 0.15) is 17.6 Å². The number of nitrogens with zero attached hydrogens (tertiary/aromatic N) is 3. The minimum absolute atomic E-state index is 0.0167. The number of furan rings is 1. The van der Waals surface area contributed by atoms with Crippen molar-refractivity contribution in [3.63, 3.8) is 0 Å². The van der Waals surface area contributed by atoms with Crippen LogP contribution in [0.1, 0.15) is 41.1 Å². The van der Waals surface area contributed by atoms with E-state index in [1.165, 1.54) is 12.1 Å². The van der Waals surface area contributed by atoms with Crippen LogP contribution < -0.4 is 10.6 Å². The molecule has 9 nitrogen and oxygen atoms in total. The molecule has 0 saturated carbocycles. The minimum atomic E-state index is -0.436. The van der Waals surface area contributed by atoms with Crippen LogP contribution in [-0.2, 0) is 4.79 Å². The van der Waals surface area contributed by atoms with Gasteiger partial charge in [-0.05, 0) is 67.5 Å². The number of hydrogen-bond donors (Lipinski definition) is 2. The molecule has 2 N–H and O–H groups in total. The molecule has 1 aliphatic heterocycles. The maximum Gasteiger partial charge on any atom is 0.270 e. The summed E-state index contributed by atoms with van der Waals surface area (Å²) < 4.78 is 6.26. The topological polar surface area (TPSA) is 114 Å². The molecule has 1 aliphatic rings. The summed E-state index contributed by atoms with van der Waals surface area (Å²) >= 11 is 5.70. The predicted octanol–water partition coefficient (Wildman–Crippen LogP) is 5.87. The number of thiocarbonyl (C=S) groups is 1. The molecule has 2 atom stereocenters. The van der Waals surface area contributed by atoms with E-state index >= 15 is 0 Å². The Morgan fingerprint density at radius 1 is 1.13 bits per heavy atom. The highest BCUT2D eigenvalue weighted by Gasteiger charge is 2.41. The molecule has 1 saturated heterocycles. The average Bonchev–Trinajstić information content (AvgIpc) is 3.54. The lowest BCUT2D eigenvalue weighted by Gasteiger charge is -2.26. The third-order valence-electron chi connectivity index (χ3n) is 6.70. The number of nitrogens with one attached hydrogen (secondary N) is 2. The fraction of sp³-hybridized carbons (Fsp3) is 0.207. The number of nitro benzene ring substituents is 1. The van der Waals surface area contributed by atoms with E-state index < -0.39 is 4.92 Å². The van der Waals surface area contributed by atoms with Crippen LogP contribution in [0.3, 0.4) is 0 Å². The molecule has 198 valence electrons. The molecule has 5 rings (SSSR count). The Kier molecular flexibility index (Phi) is 7.38. The van der Waals surface area contributed by atoms with Crippen LogP contribution in [0, 0.1) is 24.0 Å². The smallest absolute Gasteiger partial charge is 0.270 e. The van der Waals surface area contributed by atoms with Crippen LogP contribution in [-0.4, -0.2) is 32.4 Å². The van der Waals surface area contributed by atoms with Crippen LogP contribution in [0.15, 0.2) is 83.4 Å². The van der Waals surface area contributed by atoms with Crippen molar-refractivity contribution in [3.8, 4) is 11.3 Å². The van der Waals surface area contributed by atoms with Crippen molar-refractivity contribution < 1.29 is 14.1 Å². The first-order chi connectivity index (χ1) is 18.8. The Balaban J connectivity index is 1.41. The standard InChI is InChI=1S/C29H27N5O4S/c1-18-9-10-19(2)23(16-18)31-26(35)13-15-33-28(27(32-29(33)39)22-8-3-4-14-30-22)25-12-11-24(38-25)20-6-5-7-21(17-20)34(36)37/h3-12,14,16-17,27-28H,13,15H2,1-2H3,(H,31,35)(H,32,39)/t27-,28-/m0/s1. The fourth-order valence-electron chi connectivity index (χ4n) is 4.70. The van der Waals surface area contributed by atoms with Crippen molar-refractivity contribution in [3.05, 3.63) is 112 Å². The number of carbonyl (C=O) groups excluding carboxylic acids is 1. The van der Waals surface area contributed by atoms with Crippen molar-refractivity contribution in [2.24, 2.45) is 0 Å². The molecular weight excluding hydrogens is 514 g/mol. The highest BCUT2D eigenvalue weighted by molar-refractivity contribution is 7.80. The van der Waals surface area contributed by atoms with Gasteiger partial charge in [-0.15, -0.1) is 0 Å². The first-order valence-corrected chi connectivity index (χ1v) is 12.9. The molecule has 0 spiro atoms. The number of anilines is 1. The summed E-state index contributed by atoms with van der Waals surface area (Å²) in [5.74, 6) is 0.983. The Bertz CT molecular complexity index is 1540. The van der Waals surface area contributed by atoms with Gasteiger partial charge in [-0.2, -0.15) is 0 Å². The van der Waals surface area contributed by atoms with E-state index in [1.54, 1.807) is 24.4 Å². The number of hydrogen-bond acceptors (Lipinski definition) is 6. The first-order valence-electron chi connectivity index (χ1n) is 12.5. The highest BCUT2D eigenvalue weighted by atomic mass is 32.1. The van der Waals surface area contributed by atoms with Gasteiger partial charge in [0.2, 0.25) is 5.91 Å². The van der Waals surface area contributed by atoms with Gasteiger partial charge in [-0.25, -0.2) is 0 Å². The highest BCUT2D eigenvalue weighted by Crippen LogP contribution is 2.40. The second-order valence-electron chi connectivity index (χ2n) is 9.45. The Labute approximate surface area is 231 Å². The molecule has 0 radical (unpaired) electrons. The maximum atomic E-state index is 12.9. The van der Waals surface area contributed by atoms with Crippen LogP contribution in [0.4, 0.5) is 11.4 Å². The summed E-state index contributed by atoms with van der Waals surface area (Å²) in [7, 11) is 0. The third kappa shape index (κ3) is 5.65. The van der Waals surface area contributed by atoms with E-state index in [1.807, 2.05) is 61.2 Å². The van der Waals surface area contributed by atoms with Crippen molar-refractivity contribution >= 4 is 34.6 Å². The molecule has 3 heterocycles. The van der Waals surface area contributed by atoms with Crippen molar-refractivity contribution in [1.82, 2.24) is 15.2 Å². The predicted molar refractivity (Wildman–Crippen MR) is 152 cm³/mol. The normalized spacial score (nSPS) is 16.7. The van der Waals surface area contributed by atoms with E-state index in [2.05, 4.69) is 15.6 Å². The molecule has 39 heavy (non-hydrogen) atoms. The molecule has 0 unspecified atom stereocenters. The van der Waals surface area contributed by atoms with Gasteiger partial charge in [0, 0.05) is 42.5 Å². The summed E-state index contributed by atoms with van der Waals surface area (Å²) in [6.45, 7) is 4.29. The monoisotopic (exact) mass is 541 g/mol. The zero-order chi connectivity index (χ0) is 27.5. The Morgan fingerprint density at radius 3 is 2.74 bits per heavy atom. The van der Waals surface area contributed by atoms with Crippen molar-refractivity contribution in [1.29, 1.82) is 0 Å². The lowest BCUT2D eigenvalue weighted by atomic mass is 10.0. The summed E-state index contributed by atoms with van der Waals surface area (Å²) in [5.41, 5.74) is 4.20. The number of pyridine rings is 1. The SMILES string of the molecule is Cc1ccc(C)c(NC(=O)CCN2C(=S)N[C@@H](c3ccccn3)[C@@H]2c2ccc(-c3cccc([N+](=O)[O-])c3)o2)c1. The number of nitro groups is 1. The van der Waals surface area contributed by atoms with Crippen LogP contribution in [0.5, 0.6) is 0 Å². The van der Waals surface area contributed by atoms with E-state index in [0.717, 1.165) is 22.5 Å². The fourth-order valence-corrected chi connectivity index (χ4v) is 5.03. The first kappa shape index (κ1) is 26.1. The summed E-state index contributed by atoms with van der Waals surface area (Å²) in [4.78, 5) is 30.2. The lowest BCUT2D eigenvalue weighted by Crippen LogP contribution is -2.32. The molecule has 1 fully saturated rings. The van der Waals surface area contributed by atoms with Gasteiger partial charge in [0.25, 0.3) is 5.69 Å². The van der Waals surface area contributed by atoms with Gasteiger partial charge in [-0.3, -0.25) is 19.9 Å². The van der Waals surface area contributed by atoms with Gasteiger partial charge in [-0.1, -0.05) is 30.3 Å². The van der Waals surface area contributed by atoms with E-state index in [-0.39, 0.29) is 30.1 Å². The van der Waals surface area contributed by atoms with E-state index in [4.69, 9.17) is 16.6 Å². The minimum Gasteiger partial charge on any atom is -0.459 e. The number of aromatic nitrogens is 1. The zero-order valence-corrected chi connectivity index (χ0v) is 22.3. The summed E-state index contributed by atoms with van der Waals surface area (Å²) in [6, 6.07) is 20.8. The van der Waals surface area contributed by atoms with Crippen LogP contribution in [0.2, 0.25) is 0 Å². The van der Waals surface area contributed by atoms with Crippen LogP contribution >= 0.6 is 12.2 Å². The van der Waals surface area contributed by atoms with E-state index in [0.29, 0.717) is 28.7 Å². The van der Waals surface area contributed by atoms with Crippen molar-refractivity contribution in [2.75, 3.05) is 11.9 Å². The maximum absolute atomic E-state index is 12.9. The quantitative estimate of drug-likeness (QED) is 0.162. The summed E-state index contributed by atoms with van der Waals surface area (Å²) in [5, 5.41) is 18.1. The summed E-state index contributed by atoms with van der Waals surface area (Å²) in [6.07, 6.45) is 1.92. The molecule has 2 aromatic heterocycles. The second-order valence-corrected chi connectivity index (χ2v) is 9.83. The third-order valence-corrected chi connectivity index (χ3v) is 7.06. The molecular formula is C29H27N5O4S. The number of carbonyl (C=O) groups is 1. The number of benzene rings is 2. The van der Waals surface area contributed by atoms with E-state index in [9.17, 15) is 14.9 Å². The average molecular weight is 542 g/mol. The van der Waals surface area contributed by atoms with Gasteiger partial charge in [0.15, 0.2) is 5.11 Å². The number of amides is 1. The molecule has 10 heteroatoms. The van der Waals surface area contributed by atoms with Crippen LogP contribution in [0.25, 0.3) is 11.3 Å². The molecule has 0 bridgehead atoms. The number of aryl methyl sites for hydroxylation is 2. The Hall–Kier alpha value is -4.57. The molecule has 0 aliphatic carbocycles. The van der Waals surface area contributed by atoms with Gasteiger partial charge < -0.3 is 20.0 Å². The molecule has 1 amide bonds. The van der Waals surface area contributed by atoms with Gasteiger partial charge in [0.05, 0.1) is 16.7 Å². The number of rotatable bonds is 8. The zero-order valence-electron chi connectivity index (χ0n) is 21.5.